The van der Waals surface area contributed by atoms with E-state index in [2.05, 4.69) is 19.7 Å². The molecule has 0 atom stereocenters. The first-order valence-corrected chi connectivity index (χ1v) is 4.95. The summed E-state index contributed by atoms with van der Waals surface area (Å²) in [5.74, 6) is 0.435. The molecule has 16 heavy (non-hydrogen) atoms. The summed E-state index contributed by atoms with van der Waals surface area (Å²) < 4.78 is 0. The van der Waals surface area contributed by atoms with E-state index in [4.69, 9.17) is 5.11 Å². The summed E-state index contributed by atoms with van der Waals surface area (Å²) in [6.07, 6.45) is 7.45. The molecule has 0 bridgehead atoms. The fourth-order valence-electron chi connectivity index (χ4n) is 1.06. The monoisotopic (exact) mass is 298 g/mol. The fourth-order valence-corrected chi connectivity index (χ4v) is 1.06. The molecular formula is C12H19BrMgO2. The second-order valence-corrected chi connectivity index (χ2v) is 3.55. The molecule has 0 aromatic heterocycles. The Kier molecular flexibility index (Phi) is 16.0. The molecule has 0 aliphatic heterocycles. The van der Waals surface area contributed by atoms with Crippen LogP contribution in [0.15, 0.2) is 19.2 Å². The molecule has 0 spiro atoms. The SMILES string of the molecule is C=CC1(O)CCC1.O=C1CCC1.[Br-].[CH-]=C.[Mg+2]. The second-order valence-electron chi connectivity index (χ2n) is 3.55. The Balaban J connectivity index is -0.000000169. The molecule has 0 radical (unpaired) electrons. The number of ketones is 1. The van der Waals surface area contributed by atoms with Crippen LogP contribution in [0.2, 0.25) is 0 Å². The van der Waals surface area contributed by atoms with Crippen LogP contribution in [0.4, 0.5) is 0 Å². The van der Waals surface area contributed by atoms with Crippen LogP contribution in [0, 0.1) is 6.58 Å². The molecule has 2 nitrogen and oxygen atoms in total. The zero-order valence-corrected chi connectivity index (χ0v) is 12.8. The summed E-state index contributed by atoms with van der Waals surface area (Å²) in [5, 5.41) is 9.10. The van der Waals surface area contributed by atoms with Crippen molar-refractivity contribution < 1.29 is 26.9 Å². The van der Waals surface area contributed by atoms with Gasteiger partial charge in [-0.2, -0.15) is 0 Å². The van der Waals surface area contributed by atoms with Gasteiger partial charge in [0.15, 0.2) is 0 Å². The van der Waals surface area contributed by atoms with Crippen LogP contribution in [0.3, 0.4) is 0 Å². The van der Waals surface area contributed by atoms with Crippen molar-refractivity contribution in [2.24, 2.45) is 0 Å². The first kappa shape index (κ1) is 21.6. The van der Waals surface area contributed by atoms with Crippen LogP contribution in [0.5, 0.6) is 0 Å². The number of aliphatic hydroxyl groups is 1. The van der Waals surface area contributed by atoms with Crippen LogP contribution in [-0.4, -0.2) is 39.5 Å². The summed E-state index contributed by atoms with van der Waals surface area (Å²) in [4.78, 5) is 9.90. The average molecular weight is 299 g/mol. The number of carbonyl (C=O) groups excluding carboxylic acids is 1. The number of halogens is 1. The Labute approximate surface area is 125 Å². The molecular weight excluding hydrogens is 280 g/mol. The molecule has 0 saturated heterocycles. The van der Waals surface area contributed by atoms with Gasteiger partial charge < -0.3 is 28.7 Å². The van der Waals surface area contributed by atoms with Crippen molar-refractivity contribution in [3.63, 3.8) is 0 Å². The van der Waals surface area contributed by atoms with Gasteiger partial charge in [0.25, 0.3) is 0 Å². The standard InChI is InChI=1S/C6H10O.C4H6O.C2H3.BrH.Mg/c1-2-6(7)4-3-5-6;5-4-2-1-3-4;1-2;;/h2,7H,1,3-5H2;1-3H2;1H,2H2;1H;/q;;-1;;+2/p-1. The largest absolute Gasteiger partial charge is 2.00 e. The molecule has 4 heteroatoms. The van der Waals surface area contributed by atoms with E-state index in [9.17, 15) is 4.79 Å². The summed E-state index contributed by atoms with van der Waals surface area (Å²) in [6.45, 7) is 10.5. The van der Waals surface area contributed by atoms with Crippen molar-refractivity contribution in [3.05, 3.63) is 25.8 Å². The zero-order chi connectivity index (χ0) is 11.0. The Morgan fingerprint density at radius 2 is 1.62 bits per heavy atom. The molecule has 2 fully saturated rings. The predicted octanol–water partition coefficient (Wildman–Crippen LogP) is -0.945. The maximum atomic E-state index is 9.90. The quantitative estimate of drug-likeness (QED) is 0.385. The van der Waals surface area contributed by atoms with Gasteiger partial charge in [0.2, 0.25) is 0 Å². The Morgan fingerprint density at radius 3 is 1.62 bits per heavy atom. The number of Topliss-reactive ketones (excluding diaryl/α,β-unsaturated/α-hetero) is 1. The normalized spacial score (nSPS) is 18.4. The molecule has 2 aliphatic rings. The number of rotatable bonds is 1. The summed E-state index contributed by atoms with van der Waals surface area (Å²) in [6, 6.07) is 0. The Hall–Kier alpha value is 0.356. The van der Waals surface area contributed by atoms with Gasteiger partial charge in [-0.15, -0.1) is 6.58 Å². The third-order valence-electron chi connectivity index (χ3n) is 2.51. The molecule has 0 amide bonds. The van der Waals surface area contributed by atoms with Crippen LogP contribution in [0.1, 0.15) is 38.5 Å². The molecule has 0 heterocycles. The minimum absolute atomic E-state index is 0. The third kappa shape index (κ3) is 8.50. The first-order chi connectivity index (χ1) is 6.66. The van der Waals surface area contributed by atoms with E-state index >= 15 is 0 Å². The smallest absolute Gasteiger partial charge is 1.00 e. The van der Waals surface area contributed by atoms with Gasteiger partial charge in [-0.05, 0) is 25.7 Å². The number of hydrogen-bond donors (Lipinski definition) is 1. The van der Waals surface area contributed by atoms with Gasteiger partial charge in [-0.25, -0.2) is 0 Å². The maximum absolute atomic E-state index is 9.90. The fraction of sp³-hybridized carbons (Fsp3) is 0.583. The van der Waals surface area contributed by atoms with Gasteiger partial charge in [0, 0.05) is 12.8 Å². The van der Waals surface area contributed by atoms with Crippen LogP contribution >= 0.6 is 0 Å². The molecule has 88 valence electrons. The van der Waals surface area contributed by atoms with Gasteiger partial charge >= 0.3 is 23.1 Å². The van der Waals surface area contributed by atoms with Crippen molar-refractivity contribution in [2.45, 2.75) is 44.1 Å². The van der Waals surface area contributed by atoms with Crippen LogP contribution < -0.4 is 17.0 Å². The second kappa shape index (κ2) is 11.8. The molecule has 2 aliphatic carbocycles. The van der Waals surface area contributed by atoms with E-state index in [1.54, 1.807) is 6.08 Å². The average Bonchev–Trinajstić information content (AvgIpc) is 2.15. The van der Waals surface area contributed by atoms with E-state index in [0.717, 1.165) is 38.5 Å². The summed E-state index contributed by atoms with van der Waals surface area (Å²) >= 11 is 0. The van der Waals surface area contributed by atoms with E-state index in [1.165, 1.54) is 0 Å². The first-order valence-electron chi connectivity index (χ1n) is 4.95. The third-order valence-corrected chi connectivity index (χ3v) is 2.51. The molecule has 0 unspecified atom stereocenters. The van der Waals surface area contributed by atoms with E-state index in [-0.39, 0.29) is 40.0 Å². The van der Waals surface area contributed by atoms with Crippen LogP contribution in [-0.2, 0) is 4.79 Å². The minimum atomic E-state index is -0.472. The van der Waals surface area contributed by atoms with Crippen molar-refractivity contribution in [1.82, 2.24) is 0 Å². The van der Waals surface area contributed by atoms with Gasteiger partial charge in [-0.1, -0.05) is 6.08 Å². The van der Waals surface area contributed by atoms with Gasteiger partial charge in [0.05, 0.1) is 5.60 Å². The van der Waals surface area contributed by atoms with Gasteiger partial charge in [-0.3, -0.25) is 11.4 Å². The molecule has 2 rings (SSSR count). The molecule has 0 aromatic rings. The zero-order valence-electron chi connectivity index (χ0n) is 9.75. The van der Waals surface area contributed by atoms with E-state index in [1.807, 2.05) is 0 Å². The van der Waals surface area contributed by atoms with Crippen molar-refractivity contribution in [3.8, 4) is 0 Å². The van der Waals surface area contributed by atoms with Crippen molar-refractivity contribution in [2.75, 3.05) is 0 Å². The maximum Gasteiger partial charge on any atom is 2.00 e. The molecule has 0 aromatic carbocycles. The summed E-state index contributed by atoms with van der Waals surface area (Å²) in [5.41, 5.74) is -0.472. The van der Waals surface area contributed by atoms with E-state index in [0.29, 0.717) is 5.78 Å². The van der Waals surface area contributed by atoms with Crippen molar-refractivity contribution in [1.29, 1.82) is 0 Å². The Bertz CT molecular complexity index is 197. The summed E-state index contributed by atoms with van der Waals surface area (Å²) in [7, 11) is 0. The van der Waals surface area contributed by atoms with E-state index < -0.39 is 5.60 Å². The molecule has 1 N–H and O–H groups in total. The minimum Gasteiger partial charge on any atom is -1.00 e. The predicted molar refractivity (Wildman–Crippen MR) is 63.5 cm³/mol. The van der Waals surface area contributed by atoms with Gasteiger partial charge in [0.1, 0.15) is 5.78 Å². The number of hydrogen-bond acceptors (Lipinski definition) is 2. The van der Waals surface area contributed by atoms with Crippen LogP contribution in [0.25, 0.3) is 0 Å². The molecule has 2 saturated carbocycles. The topological polar surface area (TPSA) is 37.3 Å². The number of carbonyl (C=O) groups is 1. The Morgan fingerprint density at radius 1 is 1.25 bits per heavy atom. The van der Waals surface area contributed by atoms with Crippen molar-refractivity contribution >= 4 is 28.8 Å².